The Morgan fingerprint density at radius 1 is 0.864 bits per heavy atom. The second-order valence-electron chi connectivity index (χ2n) is 21.6. The van der Waals surface area contributed by atoms with Crippen molar-refractivity contribution in [3.63, 3.8) is 0 Å². The monoisotopic (exact) mass is 943 g/mol. The molecule has 0 aromatic heterocycles. The Morgan fingerprint density at radius 3 is 2.00 bits per heavy atom. The van der Waals surface area contributed by atoms with Crippen molar-refractivity contribution in [1.82, 2.24) is 31.1 Å². The number of nitrogens with one attached hydrogen (secondary N) is 4. The summed E-state index contributed by atoms with van der Waals surface area (Å²) in [5, 5.41) is 69.3. The minimum absolute atomic E-state index is 0.150. The van der Waals surface area contributed by atoms with Crippen molar-refractivity contribution >= 4 is 30.3 Å². The SMILES string of the molecule is CN(C(=O)OC(C)(C)C)[C@@H]1[C@@H](O)[C@@H](O[C@H]2[C@H](NC(=O)C3(O)CCN(C(=O)O)C3)C[C@H](NC(=O)OC(C)(C)C)C([C@H]3OC(CNCC4CC4)=CC[C@H]3NC(=O)OC(C)(C)C)[C@@H]2O)OC[C@]1(C)O. The molecule has 2 unspecified atom stereocenters. The van der Waals surface area contributed by atoms with Gasteiger partial charge in [-0.2, -0.15) is 0 Å². The van der Waals surface area contributed by atoms with Crippen LogP contribution >= 0.6 is 0 Å². The van der Waals surface area contributed by atoms with Crippen molar-refractivity contribution in [2.24, 2.45) is 11.8 Å². The Bertz CT molecular complexity index is 1790. The molecule has 2 saturated carbocycles. The number of aliphatic hydroxyl groups is 4. The van der Waals surface area contributed by atoms with Gasteiger partial charge in [-0.1, -0.05) is 0 Å². The van der Waals surface area contributed by atoms with Gasteiger partial charge < -0.3 is 85.0 Å². The molecule has 5 amide bonds. The number of alkyl carbamates (subject to hydrolysis) is 2. The molecule has 22 heteroatoms. The van der Waals surface area contributed by atoms with Crippen LogP contribution in [0.3, 0.4) is 0 Å². The molecular formula is C44H74N6O16. The van der Waals surface area contributed by atoms with Gasteiger partial charge >= 0.3 is 24.4 Å². The number of rotatable bonds is 12. The summed E-state index contributed by atoms with van der Waals surface area (Å²) in [6, 6.07) is -4.76. The smallest absolute Gasteiger partial charge is 0.410 e. The lowest BCUT2D eigenvalue weighted by molar-refractivity contribution is -0.306. The van der Waals surface area contributed by atoms with E-state index in [9.17, 15) is 49.5 Å². The molecule has 5 rings (SSSR count). The molecule has 2 saturated heterocycles. The minimum Gasteiger partial charge on any atom is -0.491 e. The fraction of sp³-hybridized carbons (Fsp3) is 0.841. The first-order valence-electron chi connectivity index (χ1n) is 22.7. The summed E-state index contributed by atoms with van der Waals surface area (Å²) in [5.41, 5.74) is -6.86. The van der Waals surface area contributed by atoms with Gasteiger partial charge in [0.1, 0.15) is 46.5 Å². The van der Waals surface area contributed by atoms with Gasteiger partial charge in [0.25, 0.3) is 5.91 Å². The van der Waals surface area contributed by atoms with Gasteiger partial charge in [0.2, 0.25) is 0 Å². The van der Waals surface area contributed by atoms with Crippen LogP contribution in [-0.4, -0.2) is 188 Å². The van der Waals surface area contributed by atoms with E-state index in [2.05, 4.69) is 21.3 Å². The van der Waals surface area contributed by atoms with Gasteiger partial charge in [-0.15, -0.1) is 0 Å². The second-order valence-corrected chi connectivity index (χ2v) is 21.6. The van der Waals surface area contributed by atoms with E-state index >= 15 is 0 Å². The van der Waals surface area contributed by atoms with E-state index in [1.54, 1.807) is 62.3 Å². The summed E-state index contributed by atoms with van der Waals surface area (Å²) in [7, 11) is 1.33. The van der Waals surface area contributed by atoms with E-state index in [0.717, 1.165) is 29.2 Å². The standard InChI is InChI=1S/C44H74N6O16/c1-40(2,3)64-36(54)47-25-15-14-24(20-45-19-23-12-13-23)62-31(25)28-26(48-37(55)65-41(4,5)6)18-27(46-35(53)44(60)16-17-50(21-44)38(56)57)32(29(28)51)63-34-30(52)33(43(10,59)22-61-34)49(11)39(58)66-42(7,8)9/h14,23,25-34,45,51-52,59-60H,12-13,15-22H2,1-11H3,(H,46,53)(H,47,54)(H,48,55)(H,56,57)/t25-,26+,27-,28?,29+,30-,31+,32+,33-,34-,43+,44?/m1/s1. The lowest BCUT2D eigenvalue weighted by Crippen LogP contribution is -2.71. The van der Waals surface area contributed by atoms with E-state index in [1.807, 2.05) is 6.08 Å². The molecule has 2 aliphatic carbocycles. The van der Waals surface area contributed by atoms with E-state index in [-0.39, 0.29) is 25.8 Å². The van der Waals surface area contributed by atoms with Gasteiger partial charge in [0.05, 0.1) is 43.9 Å². The van der Waals surface area contributed by atoms with Gasteiger partial charge in [-0.25, -0.2) is 19.2 Å². The van der Waals surface area contributed by atoms with Crippen LogP contribution < -0.4 is 21.3 Å². The molecule has 0 aromatic rings. The number of amides is 5. The van der Waals surface area contributed by atoms with E-state index < -0.39 is 132 Å². The molecule has 0 radical (unpaired) electrons. The number of carbonyl (C=O) groups excluding carboxylic acids is 4. The normalized spacial score (nSPS) is 34.0. The molecule has 5 aliphatic rings. The topological polar surface area (TPSA) is 296 Å². The van der Waals surface area contributed by atoms with Crippen molar-refractivity contribution in [2.75, 3.05) is 39.8 Å². The maximum atomic E-state index is 14.1. The Labute approximate surface area is 386 Å². The van der Waals surface area contributed by atoms with Crippen molar-refractivity contribution in [2.45, 2.75) is 184 Å². The number of aliphatic hydroxyl groups excluding tert-OH is 2. The third kappa shape index (κ3) is 13.9. The van der Waals surface area contributed by atoms with Gasteiger partial charge in [-0.3, -0.25) is 4.79 Å². The number of β-amino-alcohol motifs (C(OH)–C–C–N with tert-alkyl or cyclic N) is 1. The van der Waals surface area contributed by atoms with E-state index in [0.29, 0.717) is 18.2 Å². The van der Waals surface area contributed by atoms with Crippen LogP contribution in [0.5, 0.6) is 0 Å². The van der Waals surface area contributed by atoms with Crippen LogP contribution in [0.15, 0.2) is 11.8 Å². The van der Waals surface area contributed by atoms with Crippen LogP contribution in [0.4, 0.5) is 19.2 Å². The molecule has 66 heavy (non-hydrogen) atoms. The Balaban J connectivity index is 1.57. The third-order valence-electron chi connectivity index (χ3n) is 12.0. The zero-order valence-electron chi connectivity index (χ0n) is 40.1. The number of hydrogen-bond donors (Lipinski definition) is 9. The lowest BCUT2D eigenvalue weighted by atomic mass is 9.72. The number of carbonyl (C=O) groups is 5. The minimum atomic E-state index is -2.21. The van der Waals surface area contributed by atoms with Crippen LogP contribution in [0.1, 0.15) is 101 Å². The Morgan fingerprint density at radius 2 is 1.45 bits per heavy atom. The maximum absolute atomic E-state index is 14.1. The van der Waals surface area contributed by atoms with Gasteiger partial charge in [0, 0.05) is 32.0 Å². The average molecular weight is 943 g/mol. The van der Waals surface area contributed by atoms with Crippen molar-refractivity contribution in [1.29, 1.82) is 0 Å². The molecular weight excluding hydrogens is 869 g/mol. The zero-order valence-corrected chi connectivity index (χ0v) is 40.1. The first-order chi connectivity index (χ1) is 30.4. The van der Waals surface area contributed by atoms with E-state index in [4.69, 9.17) is 28.4 Å². The number of hydrogen-bond acceptors (Lipinski definition) is 16. The number of likely N-dealkylation sites (tertiary alicyclic amines) is 1. The quantitative estimate of drug-likeness (QED) is 0.125. The van der Waals surface area contributed by atoms with Crippen LogP contribution in [-0.2, 0) is 33.2 Å². The Kier molecular flexibility index (Phi) is 16.1. The largest absolute Gasteiger partial charge is 0.491 e. The van der Waals surface area contributed by atoms with Gasteiger partial charge in [0.15, 0.2) is 11.9 Å². The Hall–Kier alpha value is -4.19. The molecule has 4 fully saturated rings. The predicted molar refractivity (Wildman–Crippen MR) is 234 cm³/mol. The fourth-order valence-corrected chi connectivity index (χ4v) is 8.86. The highest BCUT2D eigenvalue weighted by atomic mass is 16.7. The third-order valence-corrected chi connectivity index (χ3v) is 12.0. The summed E-state index contributed by atoms with van der Waals surface area (Å²) >= 11 is 0. The summed E-state index contributed by atoms with van der Waals surface area (Å²) in [4.78, 5) is 68.2. The number of carboxylic acid groups (broad SMARTS) is 1. The fourth-order valence-electron chi connectivity index (χ4n) is 8.86. The number of likely N-dealkylation sites (N-methyl/N-ethyl adjacent to an activating group) is 1. The maximum Gasteiger partial charge on any atom is 0.410 e. The molecule has 3 aliphatic heterocycles. The molecule has 0 aromatic carbocycles. The predicted octanol–water partition coefficient (Wildman–Crippen LogP) is 1.51. The van der Waals surface area contributed by atoms with Crippen molar-refractivity contribution in [3.05, 3.63) is 11.8 Å². The van der Waals surface area contributed by atoms with E-state index in [1.165, 1.54) is 14.0 Å². The molecule has 0 bridgehead atoms. The highest BCUT2D eigenvalue weighted by molar-refractivity contribution is 5.87. The number of nitrogens with zero attached hydrogens (tertiary/aromatic N) is 2. The average Bonchev–Trinajstić information content (AvgIpc) is 3.89. The van der Waals surface area contributed by atoms with Crippen LogP contribution in [0, 0.1) is 11.8 Å². The highest BCUT2D eigenvalue weighted by Gasteiger charge is 2.57. The molecule has 376 valence electrons. The van der Waals surface area contributed by atoms with Crippen molar-refractivity contribution < 1.29 is 77.9 Å². The lowest BCUT2D eigenvalue weighted by Gasteiger charge is -2.52. The number of ether oxygens (including phenoxy) is 6. The summed E-state index contributed by atoms with van der Waals surface area (Å²) in [5.74, 6) is -1.18. The van der Waals surface area contributed by atoms with Crippen molar-refractivity contribution in [3.8, 4) is 0 Å². The zero-order chi connectivity index (χ0) is 49.3. The van der Waals surface area contributed by atoms with Crippen LogP contribution in [0.2, 0.25) is 0 Å². The first-order valence-corrected chi connectivity index (χ1v) is 22.7. The molecule has 12 atom stereocenters. The van der Waals surface area contributed by atoms with Crippen LogP contribution in [0.25, 0.3) is 0 Å². The second kappa shape index (κ2) is 20.2. The highest BCUT2D eigenvalue weighted by Crippen LogP contribution is 2.39. The molecule has 9 N–H and O–H groups in total. The summed E-state index contributed by atoms with van der Waals surface area (Å²) in [6.07, 6.45) is -8.19. The molecule has 3 heterocycles. The molecule has 0 spiro atoms. The first kappa shape index (κ1) is 52.8. The summed E-state index contributed by atoms with van der Waals surface area (Å²) in [6.45, 7) is 16.2. The van der Waals surface area contributed by atoms with Gasteiger partial charge in [-0.05, 0) is 113 Å². The molecule has 22 nitrogen and oxygen atoms in total. The summed E-state index contributed by atoms with van der Waals surface area (Å²) < 4.78 is 35.9.